The SMILES string of the molecule is CC(C)CN1Cc2c(c(S(=O)[O-])cc3c2C(O)CC3)C=C1C1CC1. The molecule has 130 valence electrons. The van der Waals surface area contributed by atoms with Crippen LogP contribution in [0.25, 0.3) is 6.08 Å². The minimum Gasteiger partial charge on any atom is -0.768 e. The van der Waals surface area contributed by atoms with Gasteiger partial charge in [0.1, 0.15) is 0 Å². The Kier molecular flexibility index (Phi) is 4.06. The van der Waals surface area contributed by atoms with Gasteiger partial charge in [-0.3, -0.25) is 4.21 Å². The van der Waals surface area contributed by atoms with Crippen LogP contribution in [0.4, 0.5) is 0 Å². The van der Waals surface area contributed by atoms with Crippen molar-refractivity contribution in [1.29, 1.82) is 0 Å². The molecule has 1 aromatic carbocycles. The monoisotopic (exact) mass is 346 g/mol. The van der Waals surface area contributed by atoms with Gasteiger partial charge >= 0.3 is 0 Å². The van der Waals surface area contributed by atoms with Crippen LogP contribution in [0.3, 0.4) is 0 Å². The van der Waals surface area contributed by atoms with E-state index in [4.69, 9.17) is 0 Å². The Hall–Kier alpha value is -1.17. The van der Waals surface area contributed by atoms with Gasteiger partial charge in [-0.15, -0.1) is 0 Å². The van der Waals surface area contributed by atoms with Crippen LogP contribution in [-0.4, -0.2) is 25.3 Å². The van der Waals surface area contributed by atoms with Crippen LogP contribution in [0.2, 0.25) is 0 Å². The zero-order chi connectivity index (χ0) is 17.0. The Bertz CT molecular complexity index is 737. The lowest BCUT2D eigenvalue weighted by molar-refractivity contribution is 0.177. The first-order valence-electron chi connectivity index (χ1n) is 8.88. The number of aliphatic hydroxyl groups excluding tert-OH is 1. The number of hydrogen-bond acceptors (Lipinski definition) is 4. The predicted molar refractivity (Wildman–Crippen MR) is 92.9 cm³/mol. The van der Waals surface area contributed by atoms with E-state index in [9.17, 15) is 13.9 Å². The summed E-state index contributed by atoms with van der Waals surface area (Å²) < 4.78 is 23.6. The lowest BCUT2D eigenvalue weighted by atomic mass is 9.91. The van der Waals surface area contributed by atoms with E-state index >= 15 is 0 Å². The molecule has 2 unspecified atom stereocenters. The minimum absolute atomic E-state index is 0.403. The first-order chi connectivity index (χ1) is 11.5. The topological polar surface area (TPSA) is 63.6 Å². The molecule has 1 heterocycles. The maximum Gasteiger partial charge on any atom is 0.0799 e. The number of aryl methyl sites for hydroxylation is 1. The van der Waals surface area contributed by atoms with Crippen LogP contribution in [0.5, 0.6) is 0 Å². The van der Waals surface area contributed by atoms with Gasteiger partial charge in [0.25, 0.3) is 0 Å². The lowest BCUT2D eigenvalue weighted by Gasteiger charge is -2.36. The van der Waals surface area contributed by atoms with Crippen molar-refractivity contribution in [2.45, 2.75) is 57.1 Å². The van der Waals surface area contributed by atoms with Gasteiger partial charge in [0, 0.05) is 23.7 Å². The fourth-order valence-corrected chi connectivity index (χ4v) is 4.81. The largest absolute Gasteiger partial charge is 0.768 e. The van der Waals surface area contributed by atoms with Crippen LogP contribution < -0.4 is 0 Å². The first-order valence-corrected chi connectivity index (χ1v) is 9.95. The fourth-order valence-electron chi connectivity index (χ4n) is 4.21. The number of aliphatic hydroxyl groups is 1. The Morgan fingerprint density at radius 3 is 2.75 bits per heavy atom. The smallest absolute Gasteiger partial charge is 0.0799 e. The fraction of sp³-hybridized carbons (Fsp3) is 0.579. The molecule has 3 aliphatic rings. The summed E-state index contributed by atoms with van der Waals surface area (Å²) in [7, 11) is 0. The average Bonchev–Trinajstić information content (AvgIpc) is 3.28. The highest BCUT2D eigenvalue weighted by atomic mass is 32.2. The van der Waals surface area contributed by atoms with E-state index in [0.29, 0.717) is 23.2 Å². The van der Waals surface area contributed by atoms with Gasteiger partial charge in [-0.25, -0.2) is 0 Å². The predicted octanol–water partition coefficient (Wildman–Crippen LogP) is 3.13. The van der Waals surface area contributed by atoms with E-state index in [0.717, 1.165) is 41.8 Å². The molecule has 1 aromatic rings. The normalized spacial score (nSPS) is 24.0. The first kappa shape index (κ1) is 16.3. The molecule has 1 aliphatic heterocycles. The maximum atomic E-state index is 11.8. The molecule has 24 heavy (non-hydrogen) atoms. The standard InChI is InChI=1S/C19H25NO3S/c1-11(2)9-20-10-15-14(8-16(20)12-3-4-12)18(24(22)23)7-13-5-6-17(21)19(13)15/h7-8,11-12,17,21H,3-6,9-10H2,1-2H3,(H,22,23)/p-1. The maximum absolute atomic E-state index is 11.8. The van der Waals surface area contributed by atoms with Crippen molar-refractivity contribution >= 4 is 17.2 Å². The molecule has 1 saturated carbocycles. The van der Waals surface area contributed by atoms with Crippen molar-refractivity contribution in [3.8, 4) is 0 Å². The molecule has 5 heteroatoms. The lowest BCUT2D eigenvalue weighted by Crippen LogP contribution is -2.31. The molecule has 0 bridgehead atoms. The van der Waals surface area contributed by atoms with Crippen LogP contribution in [0.1, 0.15) is 61.5 Å². The van der Waals surface area contributed by atoms with E-state index in [1.807, 2.05) is 0 Å². The van der Waals surface area contributed by atoms with Gasteiger partial charge in [0.05, 0.1) is 6.10 Å². The van der Waals surface area contributed by atoms with Crippen LogP contribution in [0.15, 0.2) is 16.7 Å². The molecular formula is C19H24NO3S-. The van der Waals surface area contributed by atoms with Gasteiger partial charge in [-0.2, -0.15) is 0 Å². The summed E-state index contributed by atoms with van der Waals surface area (Å²) in [5, 5.41) is 10.4. The Labute approximate surface area is 145 Å². The van der Waals surface area contributed by atoms with Crippen molar-refractivity contribution < 1.29 is 13.9 Å². The van der Waals surface area contributed by atoms with Crippen molar-refractivity contribution in [3.63, 3.8) is 0 Å². The van der Waals surface area contributed by atoms with Gasteiger partial charge in [0.15, 0.2) is 0 Å². The molecule has 0 spiro atoms. The van der Waals surface area contributed by atoms with E-state index in [2.05, 4.69) is 24.8 Å². The minimum atomic E-state index is -2.25. The van der Waals surface area contributed by atoms with Gasteiger partial charge in [-0.1, -0.05) is 13.8 Å². The molecule has 2 atom stereocenters. The van der Waals surface area contributed by atoms with Crippen LogP contribution in [0, 0.1) is 11.8 Å². The summed E-state index contributed by atoms with van der Waals surface area (Å²) in [6.45, 7) is 6.11. The van der Waals surface area contributed by atoms with Crippen molar-refractivity contribution in [1.82, 2.24) is 4.90 Å². The zero-order valence-electron chi connectivity index (χ0n) is 14.2. The van der Waals surface area contributed by atoms with E-state index in [1.165, 1.54) is 18.5 Å². The Morgan fingerprint density at radius 2 is 2.12 bits per heavy atom. The molecule has 1 fully saturated rings. The quantitative estimate of drug-likeness (QED) is 0.851. The molecule has 2 aliphatic carbocycles. The number of fused-ring (bicyclic) bond motifs is 3. The summed E-state index contributed by atoms with van der Waals surface area (Å²) in [6.07, 6.45) is 5.48. The molecule has 1 N–H and O–H groups in total. The third kappa shape index (κ3) is 2.72. The van der Waals surface area contributed by atoms with Gasteiger partial charge in [0.2, 0.25) is 0 Å². The Balaban J connectivity index is 1.88. The molecule has 0 amide bonds. The van der Waals surface area contributed by atoms with Crippen LogP contribution in [-0.2, 0) is 24.0 Å². The number of hydrogen-bond donors (Lipinski definition) is 1. The summed E-state index contributed by atoms with van der Waals surface area (Å²) in [4.78, 5) is 2.81. The van der Waals surface area contributed by atoms with Crippen LogP contribution >= 0.6 is 0 Å². The Morgan fingerprint density at radius 1 is 1.38 bits per heavy atom. The second kappa shape index (κ2) is 5.97. The second-order valence-corrected chi connectivity index (χ2v) is 8.66. The van der Waals surface area contributed by atoms with E-state index in [1.54, 1.807) is 6.07 Å². The van der Waals surface area contributed by atoms with Gasteiger partial charge in [-0.05, 0) is 83.0 Å². The zero-order valence-corrected chi connectivity index (χ0v) is 15.1. The summed E-state index contributed by atoms with van der Waals surface area (Å²) in [5.41, 5.74) is 5.13. The third-order valence-electron chi connectivity index (χ3n) is 5.35. The average molecular weight is 346 g/mol. The van der Waals surface area contributed by atoms with Crippen molar-refractivity contribution in [2.24, 2.45) is 11.8 Å². The molecule has 0 saturated heterocycles. The van der Waals surface area contributed by atoms with Crippen molar-refractivity contribution in [2.75, 3.05) is 6.54 Å². The molecular weight excluding hydrogens is 322 g/mol. The second-order valence-electron chi connectivity index (χ2n) is 7.75. The highest BCUT2D eigenvalue weighted by molar-refractivity contribution is 7.79. The molecule has 4 rings (SSSR count). The third-order valence-corrected chi connectivity index (χ3v) is 6.05. The van der Waals surface area contributed by atoms with Crippen molar-refractivity contribution in [3.05, 3.63) is 34.0 Å². The molecule has 0 aromatic heterocycles. The molecule has 4 nitrogen and oxygen atoms in total. The molecule has 0 radical (unpaired) electrons. The summed E-state index contributed by atoms with van der Waals surface area (Å²) in [5.74, 6) is 1.12. The number of rotatable bonds is 4. The van der Waals surface area contributed by atoms with E-state index in [-0.39, 0.29) is 0 Å². The van der Waals surface area contributed by atoms with Gasteiger partial charge < -0.3 is 14.6 Å². The number of allylic oxidation sites excluding steroid dienone is 1. The number of benzene rings is 1. The highest BCUT2D eigenvalue weighted by Gasteiger charge is 2.36. The van der Waals surface area contributed by atoms with E-state index < -0.39 is 17.2 Å². The summed E-state index contributed by atoms with van der Waals surface area (Å²) >= 11 is -2.25. The highest BCUT2D eigenvalue weighted by Crippen LogP contribution is 2.46. The summed E-state index contributed by atoms with van der Waals surface area (Å²) in [6, 6.07) is 1.78. The number of nitrogens with zero attached hydrogens (tertiary/aromatic N) is 1.